The van der Waals surface area contributed by atoms with Crippen LogP contribution in [0.4, 0.5) is 0 Å². The van der Waals surface area contributed by atoms with Gasteiger partial charge in [0.15, 0.2) is 0 Å². The Bertz CT molecular complexity index is 1050. The largest absolute Gasteiger partial charge is 0.243 e. The van der Waals surface area contributed by atoms with Crippen molar-refractivity contribution in [1.82, 2.24) is 4.31 Å². The predicted octanol–water partition coefficient (Wildman–Crippen LogP) is 4.90. The lowest BCUT2D eigenvalue weighted by Crippen LogP contribution is -2.41. The van der Waals surface area contributed by atoms with Crippen LogP contribution in [0.3, 0.4) is 0 Å². The fourth-order valence-corrected chi connectivity index (χ4v) is 6.37. The first kappa shape index (κ1) is 19.2. The fourth-order valence-electron chi connectivity index (χ4n) is 3.52. The lowest BCUT2D eigenvalue weighted by Gasteiger charge is -2.29. The predicted molar refractivity (Wildman–Crippen MR) is 115 cm³/mol. The molecule has 0 saturated carbocycles. The third-order valence-electron chi connectivity index (χ3n) is 5.08. The zero-order valence-corrected chi connectivity index (χ0v) is 17.4. The van der Waals surface area contributed by atoms with E-state index in [0.29, 0.717) is 17.9 Å². The summed E-state index contributed by atoms with van der Waals surface area (Å²) in [7, 11) is -3.59. The molecule has 1 heterocycles. The smallest absolute Gasteiger partial charge is 0.207 e. The van der Waals surface area contributed by atoms with E-state index >= 15 is 0 Å². The van der Waals surface area contributed by atoms with Crippen LogP contribution in [-0.4, -0.2) is 24.5 Å². The van der Waals surface area contributed by atoms with Crippen molar-refractivity contribution >= 4 is 21.8 Å². The van der Waals surface area contributed by atoms with Crippen LogP contribution in [0.5, 0.6) is 0 Å². The SMILES string of the molecule is Cc1ccc(S(=O)(=O)N2Cc3ccccc3SC[C@@H]2Cc2ccccc2)cc1. The third kappa shape index (κ3) is 4.02. The number of hydrogen-bond acceptors (Lipinski definition) is 3. The molecule has 0 aromatic heterocycles. The molecule has 3 aromatic rings. The third-order valence-corrected chi connectivity index (χ3v) is 8.25. The zero-order valence-electron chi connectivity index (χ0n) is 15.8. The van der Waals surface area contributed by atoms with Gasteiger partial charge in [-0.3, -0.25) is 0 Å². The van der Waals surface area contributed by atoms with Gasteiger partial charge in [-0.25, -0.2) is 8.42 Å². The monoisotopic (exact) mass is 409 g/mol. The molecule has 1 aliphatic heterocycles. The topological polar surface area (TPSA) is 37.4 Å². The highest BCUT2D eigenvalue weighted by Gasteiger charge is 2.34. The van der Waals surface area contributed by atoms with Crippen molar-refractivity contribution in [1.29, 1.82) is 0 Å². The van der Waals surface area contributed by atoms with E-state index in [-0.39, 0.29) is 6.04 Å². The van der Waals surface area contributed by atoms with Crippen LogP contribution in [0.15, 0.2) is 88.7 Å². The van der Waals surface area contributed by atoms with Crippen LogP contribution in [0.2, 0.25) is 0 Å². The van der Waals surface area contributed by atoms with Crippen molar-refractivity contribution in [2.45, 2.75) is 35.7 Å². The number of hydrogen-bond donors (Lipinski definition) is 0. The molecule has 1 aliphatic rings. The maximum atomic E-state index is 13.6. The Hall–Kier alpha value is -2.08. The van der Waals surface area contributed by atoms with Crippen LogP contribution in [0.25, 0.3) is 0 Å². The molecular formula is C23H23NO2S2. The number of fused-ring (bicyclic) bond motifs is 1. The maximum Gasteiger partial charge on any atom is 0.243 e. The first-order chi connectivity index (χ1) is 13.5. The Morgan fingerprint density at radius 3 is 2.36 bits per heavy atom. The second-order valence-corrected chi connectivity index (χ2v) is 10.1. The summed E-state index contributed by atoms with van der Waals surface area (Å²) in [4.78, 5) is 1.53. The molecule has 4 rings (SSSR count). The Labute approximate surface area is 171 Å². The summed E-state index contributed by atoms with van der Waals surface area (Å²) in [5.41, 5.74) is 3.28. The van der Waals surface area contributed by atoms with Crippen LogP contribution in [0, 0.1) is 6.92 Å². The molecule has 28 heavy (non-hydrogen) atoms. The minimum atomic E-state index is -3.59. The van der Waals surface area contributed by atoms with Crippen molar-refractivity contribution in [3.8, 4) is 0 Å². The van der Waals surface area contributed by atoms with Gasteiger partial charge in [-0.15, -0.1) is 11.8 Å². The van der Waals surface area contributed by atoms with Crippen LogP contribution in [-0.2, 0) is 23.0 Å². The molecule has 0 unspecified atom stereocenters. The number of rotatable bonds is 4. The van der Waals surface area contributed by atoms with Gasteiger partial charge in [-0.05, 0) is 42.7 Å². The molecule has 0 bridgehead atoms. The number of nitrogens with zero attached hydrogens (tertiary/aromatic N) is 1. The van der Waals surface area contributed by atoms with Gasteiger partial charge in [0, 0.05) is 23.2 Å². The van der Waals surface area contributed by atoms with Crippen molar-refractivity contribution in [2.24, 2.45) is 0 Å². The molecule has 3 nitrogen and oxygen atoms in total. The highest BCUT2D eigenvalue weighted by molar-refractivity contribution is 7.99. The van der Waals surface area contributed by atoms with Gasteiger partial charge in [0.1, 0.15) is 0 Å². The van der Waals surface area contributed by atoms with Gasteiger partial charge >= 0.3 is 0 Å². The van der Waals surface area contributed by atoms with E-state index in [9.17, 15) is 8.42 Å². The van der Waals surface area contributed by atoms with Gasteiger partial charge in [-0.1, -0.05) is 66.2 Å². The van der Waals surface area contributed by atoms with Gasteiger partial charge in [0.2, 0.25) is 10.0 Å². The van der Waals surface area contributed by atoms with Crippen LogP contribution < -0.4 is 0 Å². The highest BCUT2D eigenvalue weighted by atomic mass is 32.2. The Morgan fingerprint density at radius 2 is 1.61 bits per heavy atom. The summed E-state index contributed by atoms with van der Waals surface area (Å²) in [6.07, 6.45) is 0.701. The highest BCUT2D eigenvalue weighted by Crippen LogP contribution is 2.34. The second kappa shape index (κ2) is 8.11. The molecule has 0 spiro atoms. The average molecular weight is 410 g/mol. The molecule has 0 aliphatic carbocycles. The summed E-state index contributed by atoms with van der Waals surface area (Å²) < 4.78 is 28.9. The Balaban J connectivity index is 1.74. The second-order valence-electron chi connectivity index (χ2n) is 7.13. The minimum absolute atomic E-state index is 0.105. The Kier molecular flexibility index (Phi) is 5.58. The summed E-state index contributed by atoms with van der Waals surface area (Å²) in [5, 5.41) is 0. The van der Waals surface area contributed by atoms with E-state index < -0.39 is 10.0 Å². The first-order valence-electron chi connectivity index (χ1n) is 9.37. The van der Waals surface area contributed by atoms with Crippen molar-refractivity contribution in [2.75, 3.05) is 5.75 Å². The number of aryl methyl sites for hydroxylation is 1. The van der Waals surface area contributed by atoms with E-state index in [4.69, 9.17) is 0 Å². The number of thioether (sulfide) groups is 1. The van der Waals surface area contributed by atoms with E-state index in [1.807, 2.05) is 55.5 Å². The van der Waals surface area contributed by atoms with Gasteiger partial charge < -0.3 is 0 Å². The van der Waals surface area contributed by atoms with E-state index in [1.165, 1.54) is 4.90 Å². The summed E-state index contributed by atoms with van der Waals surface area (Å²) in [5.74, 6) is 0.733. The molecule has 5 heteroatoms. The Morgan fingerprint density at radius 1 is 0.929 bits per heavy atom. The molecule has 0 saturated heterocycles. The molecule has 0 amide bonds. The summed E-state index contributed by atoms with van der Waals surface area (Å²) in [6.45, 7) is 2.37. The normalized spacial score (nSPS) is 17.7. The van der Waals surface area contributed by atoms with Gasteiger partial charge in [-0.2, -0.15) is 4.31 Å². The van der Waals surface area contributed by atoms with Crippen LogP contribution >= 0.6 is 11.8 Å². The van der Waals surface area contributed by atoms with Crippen molar-refractivity contribution in [3.63, 3.8) is 0 Å². The molecule has 0 radical (unpaired) electrons. The number of benzene rings is 3. The van der Waals surface area contributed by atoms with Crippen molar-refractivity contribution in [3.05, 3.63) is 95.6 Å². The molecule has 0 N–H and O–H groups in total. The van der Waals surface area contributed by atoms with E-state index in [1.54, 1.807) is 28.2 Å². The summed E-state index contributed by atoms with van der Waals surface area (Å²) in [6, 6.07) is 25.3. The minimum Gasteiger partial charge on any atom is -0.207 e. The molecule has 3 aromatic carbocycles. The van der Waals surface area contributed by atoms with E-state index in [2.05, 4.69) is 18.2 Å². The van der Waals surface area contributed by atoms with Crippen LogP contribution in [0.1, 0.15) is 16.7 Å². The quantitative estimate of drug-likeness (QED) is 0.615. The molecule has 1 atom stereocenters. The average Bonchev–Trinajstić information content (AvgIpc) is 2.89. The number of sulfonamides is 1. The van der Waals surface area contributed by atoms with Gasteiger partial charge in [0.05, 0.1) is 4.90 Å². The zero-order chi connectivity index (χ0) is 19.6. The fraction of sp³-hybridized carbons (Fsp3) is 0.217. The summed E-state index contributed by atoms with van der Waals surface area (Å²) >= 11 is 1.75. The molecule has 144 valence electrons. The molecule has 0 fully saturated rings. The van der Waals surface area contributed by atoms with E-state index in [0.717, 1.165) is 22.4 Å². The standard InChI is InChI=1S/C23H23NO2S2/c1-18-11-13-22(14-12-18)28(25,26)24-16-20-9-5-6-10-23(20)27-17-21(24)15-19-7-3-2-4-8-19/h2-14,21H,15-17H2,1H3/t21-/m0/s1. The lowest BCUT2D eigenvalue weighted by atomic mass is 10.1. The van der Waals surface area contributed by atoms with Crippen molar-refractivity contribution < 1.29 is 8.42 Å². The maximum absolute atomic E-state index is 13.6. The van der Waals surface area contributed by atoms with Gasteiger partial charge in [0.25, 0.3) is 0 Å². The molecular weight excluding hydrogens is 386 g/mol. The lowest BCUT2D eigenvalue weighted by molar-refractivity contribution is 0.333. The first-order valence-corrected chi connectivity index (χ1v) is 11.8.